The van der Waals surface area contributed by atoms with Gasteiger partial charge < -0.3 is 19.9 Å². The van der Waals surface area contributed by atoms with Gasteiger partial charge in [-0.25, -0.2) is 9.18 Å². The van der Waals surface area contributed by atoms with Gasteiger partial charge in [-0.15, -0.1) is 0 Å². The average Bonchev–Trinajstić information content (AvgIpc) is 2.91. The van der Waals surface area contributed by atoms with E-state index in [0.29, 0.717) is 30.3 Å². The van der Waals surface area contributed by atoms with E-state index in [4.69, 9.17) is 16.3 Å². The third-order valence-corrected chi connectivity index (χ3v) is 5.83. The molecule has 4 amide bonds. The van der Waals surface area contributed by atoms with Gasteiger partial charge in [0, 0.05) is 43.5 Å². The summed E-state index contributed by atoms with van der Waals surface area (Å²) in [6.07, 6.45) is 0.130. The maximum atomic E-state index is 13.7. The smallest absolute Gasteiger partial charge is 0.322 e. The number of amides is 4. The number of halogens is 2. The van der Waals surface area contributed by atoms with Crippen LogP contribution in [0.5, 0.6) is 0 Å². The zero-order valence-corrected chi connectivity index (χ0v) is 18.0. The highest BCUT2D eigenvalue weighted by Crippen LogP contribution is 2.27. The molecule has 2 heterocycles. The molecule has 8 nitrogen and oxygen atoms in total. The molecule has 1 aromatic carbocycles. The van der Waals surface area contributed by atoms with Crippen molar-refractivity contribution in [2.24, 2.45) is 5.92 Å². The van der Waals surface area contributed by atoms with Gasteiger partial charge in [-0.1, -0.05) is 11.6 Å². The predicted octanol–water partition coefficient (Wildman–Crippen LogP) is 1.77. The van der Waals surface area contributed by atoms with Crippen LogP contribution in [0.4, 0.5) is 14.9 Å². The number of methoxy groups -OCH3 is 1. The summed E-state index contributed by atoms with van der Waals surface area (Å²) < 4.78 is 19.0. The van der Waals surface area contributed by atoms with E-state index >= 15 is 0 Å². The first-order valence-electron chi connectivity index (χ1n) is 9.77. The molecule has 0 bridgehead atoms. The fraction of sp³-hybridized carbons (Fsp3) is 0.550. The minimum Gasteiger partial charge on any atom is -0.384 e. The van der Waals surface area contributed by atoms with Crippen molar-refractivity contribution in [3.05, 3.63) is 29.0 Å². The van der Waals surface area contributed by atoms with Gasteiger partial charge in [0.05, 0.1) is 12.5 Å². The Labute approximate surface area is 179 Å². The normalized spacial score (nSPS) is 25.2. The van der Waals surface area contributed by atoms with Crippen molar-refractivity contribution in [3.63, 3.8) is 0 Å². The fourth-order valence-corrected chi connectivity index (χ4v) is 4.36. The Bertz CT molecular complexity index is 834. The van der Waals surface area contributed by atoms with E-state index in [-0.39, 0.29) is 25.0 Å². The topological polar surface area (TPSA) is 91.0 Å². The fourth-order valence-electron chi connectivity index (χ4n) is 4.14. The lowest BCUT2D eigenvalue weighted by Gasteiger charge is -2.42. The minimum atomic E-state index is -1.16. The van der Waals surface area contributed by atoms with Gasteiger partial charge in [-0.2, -0.15) is 0 Å². The third kappa shape index (κ3) is 4.67. The van der Waals surface area contributed by atoms with Crippen molar-refractivity contribution in [2.45, 2.75) is 31.8 Å². The maximum Gasteiger partial charge on any atom is 0.322 e. The first-order valence-corrected chi connectivity index (χ1v) is 10.1. The van der Waals surface area contributed by atoms with Crippen molar-refractivity contribution in [1.82, 2.24) is 15.5 Å². The number of imide groups is 1. The van der Waals surface area contributed by atoms with E-state index < -0.39 is 29.2 Å². The third-order valence-electron chi connectivity index (χ3n) is 5.61. The second kappa shape index (κ2) is 8.77. The number of nitrogens with one attached hydrogen (secondary N) is 2. The van der Waals surface area contributed by atoms with E-state index in [1.54, 1.807) is 17.9 Å². The lowest BCUT2D eigenvalue weighted by atomic mass is 9.88. The molecule has 2 N–H and O–H groups in total. The SMILES string of the molecule is COCC(CC1(C)NC(=O)NC1=O)C(=O)N1CCN(c2cc(F)cc(Cl)c2)C(C)C1. The van der Waals surface area contributed by atoms with Gasteiger partial charge in [-0.3, -0.25) is 14.9 Å². The van der Waals surface area contributed by atoms with Crippen LogP contribution in [0.3, 0.4) is 0 Å². The molecule has 1 aromatic rings. The number of rotatable bonds is 6. The first kappa shape index (κ1) is 22.3. The van der Waals surface area contributed by atoms with Crippen LogP contribution in [0, 0.1) is 11.7 Å². The van der Waals surface area contributed by atoms with Crippen molar-refractivity contribution < 1.29 is 23.5 Å². The van der Waals surface area contributed by atoms with Crippen LogP contribution in [0.2, 0.25) is 5.02 Å². The molecule has 30 heavy (non-hydrogen) atoms. The van der Waals surface area contributed by atoms with Crippen LogP contribution in [0.1, 0.15) is 20.3 Å². The van der Waals surface area contributed by atoms with Crippen molar-refractivity contribution in [3.8, 4) is 0 Å². The molecule has 3 unspecified atom stereocenters. The molecule has 0 spiro atoms. The lowest BCUT2D eigenvalue weighted by molar-refractivity contribution is -0.139. The number of benzene rings is 1. The number of nitrogens with zero attached hydrogens (tertiary/aromatic N) is 2. The Morgan fingerprint density at radius 3 is 2.67 bits per heavy atom. The molecule has 10 heteroatoms. The van der Waals surface area contributed by atoms with E-state index in [2.05, 4.69) is 10.6 Å². The second-order valence-corrected chi connectivity index (χ2v) is 8.49. The van der Waals surface area contributed by atoms with E-state index in [0.717, 1.165) is 0 Å². The molecule has 2 saturated heterocycles. The molecule has 3 rings (SSSR count). The number of ether oxygens (including phenoxy) is 1. The summed E-state index contributed by atoms with van der Waals surface area (Å²) in [6.45, 7) is 5.06. The van der Waals surface area contributed by atoms with Crippen molar-refractivity contribution >= 4 is 35.1 Å². The Kier molecular flexibility index (Phi) is 6.52. The van der Waals surface area contributed by atoms with Crippen LogP contribution in [0.15, 0.2) is 18.2 Å². The monoisotopic (exact) mass is 440 g/mol. The van der Waals surface area contributed by atoms with Crippen LogP contribution >= 0.6 is 11.6 Å². The number of hydrogen-bond donors (Lipinski definition) is 2. The van der Waals surface area contributed by atoms with E-state index in [1.807, 2.05) is 11.8 Å². The van der Waals surface area contributed by atoms with Crippen molar-refractivity contribution in [1.29, 1.82) is 0 Å². The molecular formula is C20H26ClFN4O4. The van der Waals surface area contributed by atoms with Gasteiger partial charge in [0.25, 0.3) is 5.91 Å². The molecule has 2 fully saturated rings. The summed E-state index contributed by atoms with van der Waals surface area (Å²) in [5.41, 5.74) is -0.493. The Hall–Kier alpha value is -2.39. The van der Waals surface area contributed by atoms with Gasteiger partial charge >= 0.3 is 6.03 Å². The number of anilines is 1. The van der Waals surface area contributed by atoms with Gasteiger partial charge in [0.15, 0.2) is 0 Å². The minimum absolute atomic E-state index is 0.0613. The predicted molar refractivity (Wildman–Crippen MR) is 110 cm³/mol. The lowest BCUT2D eigenvalue weighted by Crippen LogP contribution is -2.56. The second-order valence-electron chi connectivity index (χ2n) is 8.05. The highest BCUT2D eigenvalue weighted by atomic mass is 35.5. The summed E-state index contributed by atoms with van der Waals surface area (Å²) >= 11 is 5.98. The molecule has 0 radical (unpaired) electrons. The largest absolute Gasteiger partial charge is 0.384 e. The standard InChI is InChI=1S/C20H26ClFN4O4/c1-12-10-25(4-5-26(12)16-7-14(21)6-15(22)8-16)17(27)13(11-30-3)9-20(2)18(28)23-19(29)24-20/h6-8,12-13H,4-5,9-11H2,1-3H3,(H2,23,24,28,29). The molecule has 0 saturated carbocycles. The van der Waals surface area contributed by atoms with E-state index in [9.17, 15) is 18.8 Å². The number of urea groups is 1. The number of piperazine rings is 1. The quantitative estimate of drug-likeness (QED) is 0.658. The molecule has 0 aromatic heterocycles. The molecule has 2 aliphatic heterocycles. The van der Waals surface area contributed by atoms with Gasteiger partial charge in [0.2, 0.25) is 5.91 Å². The first-order chi connectivity index (χ1) is 14.1. The zero-order valence-electron chi connectivity index (χ0n) is 17.2. The average molecular weight is 441 g/mol. The molecular weight excluding hydrogens is 415 g/mol. The summed E-state index contributed by atoms with van der Waals surface area (Å²) in [6, 6.07) is 3.75. The Balaban J connectivity index is 1.69. The maximum absolute atomic E-state index is 13.7. The number of carbonyl (C=O) groups excluding carboxylic acids is 3. The van der Waals surface area contributed by atoms with Crippen LogP contribution in [-0.4, -0.2) is 67.7 Å². The highest BCUT2D eigenvalue weighted by Gasteiger charge is 2.45. The summed E-state index contributed by atoms with van der Waals surface area (Å²) in [5, 5.41) is 5.12. The molecule has 3 atom stereocenters. The number of carbonyl (C=O) groups is 3. The van der Waals surface area contributed by atoms with Crippen LogP contribution in [0.25, 0.3) is 0 Å². The molecule has 2 aliphatic rings. The molecule has 0 aliphatic carbocycles. The Morgan fingerprint density at radius 2 is 2.10 bits per heavy atom. The van der Waals surface area contributed by atoms with Crippen molar-refractivity contribution in [2.75, 3.05) is 38.3 Å². The molecule has 164 valence electrons. The van der Waals surface area contributed by atoms with Crippen LogP contribution < -0.4 is 15.5 Å². The van der Waals surface area contributed by atoms with E-state index in [1.165, 1.54) is 19.2 Å². The number of hydrogen-bond acceptors (Lipinski definition) is 5. The summed E-state index contributed by atoms with van der Waals surface area (Å²) in [5.74, 6) is -1.60. The zero-order chi connectivity index (χ0) is 22.1. The highest BCUT2D eigenvalue weighted by molar-refractivity contribution is 6.30. The summed E-state index contributed by atoms with van der Waals surface area (Å²) in [7, 11) is 1.49. The summed E-state index contributed by atoms with van der Waals surface area (Å²) in [4.78, 5) is 40.6. The Morgan fingerprint density at radius 1 is 1.37 bits per heavy atom. The van der Waals surface area contributed by atoms with Gasteiger partial charge in [0.1, 0.15) is 11.4 Å². The van der Waals surface area contributed by atoms with Crippen LogP contribution in [-0.2, 0) is 14.3 Å². The van der Waals surface area contributed by atoms with Gasteiger partial charge in [-0.05, 0) is 38.5 Å².